The Morgan fingerprint density at radius 2 is 1.91 bits per heavy atom. The number of nitrogens with one attached hydrogen (secondary N) is 1. The summed E-state index contributed by atoms with van der Waals surface area (Å²) in [7, 11) is -4.59. The van der Waals surface area contributed by atoms with E-state index in [4.69, 9.17) is 0 Å². The van der Waals surface area contributed by atoms with Crippen LogP contribution in [0.25, 0.3) is 10.6 Å². The number of sulfonamides is 1. The Bertz CT molecular complexity index is 1410. The van der Waals surface area contributed by atoms with Gasteiger partial charge in [0.05, 0.1) is 21.8 Å². The van der Waals surface area contributed by atoms with E-state index in [2.05, 4.69) is 16.0 Å². The van der Waals surface area contributed by atoms with Crippen molar-refractivity contribution in [2.75, 3.05) is 11.0 Å². The average Bonchev–Trinajstić information content (AvgIpc) is 3.31. The molecular weight excluding hydrogens is 458 g/mol. The standard InChI is InChI=1S/C24H23N3O4S2/c1-32-15-25-14-22(32)17-7-9-21(27-10-2-3-11-27)20(12-17)26-33(30,31)23-13-18(24(28)29)6-8-19(23)16-4-5-16/h2-3,6-16,26,32H,4-5H2,1H3,(H,28,29). The number of rotatable bonds is 7. The van der Waals surface area contributed by atoms with Gasteiger partial charge in [-0.1, -0.05) is 12.1 Å². The first-order valence-corrected chi connectivity index (χ1v) is 13.8. The number of anilines is 1. The molecule has 7 nitrogen and oxygen atoms in total. The number of carbonyl (C=O) groups is 1. The average molecular weight is 482 g/mol. The molecule has 1 aliphatic carbocycles. The molecule has 9 heteroatoms. The van der Waals surface area contributed by atoms with Crippen LogP contribution >= 0.6 is 10.9 Å². The molecule has 1 aliphatic heterocycles. The molecule has 1 aromatic heterocycles. The van der Waals surface area contributed by atoms with Crippen molar-refractivity contribution in [3.8, 4) is 5.69 Å². The summed E-state index contributed by atoms with van der Waals surface area (Å²) in [6.07, 6.45) is 9.40. The van der Waals surface area contributed by atoms with Crippen LogP contribution in [0.15, 0.2) is 77.0 Å². The van der Waals surface area contributed by atoms with Crippen molar-refractivity contribution >= 4 is 43.0 Å². The molecule has 0 amide bonds. The zero-order valence-electron chi connectivity index (χ0n) is 17.8. The van der Waals surface area contributed by atoms with Crippen molar-refractivity contribution in [2.45, 2.75) is 23.7 Å². The number of thiol groups is 1. The minimum atomic E-state index is -4.04. The zero-order chi connectivity index (χ0) is 23.2. The van der Waals surface area contributed by atoms with Crippen LogP contribution in [0, 0.1) is 0 Å². The molecule has 1 fully saturated rings. The Kier molecular flexibility index (Phi) is 5.38. The van der Waals surface area contributed by atoms with Crippen LogP contribution in [0.3, 0.4) is 0 Å². The van der Waals surface area contributed by atoms with E-state index in [1.54, 1.807) is 6.07 Å². The molecule has 0 radical (unpaired) electrons. The van der Waals surface area contributed by atoms with Gasteiger partial charge in [0.25, 0.3) is 10.0 Å². The van der Waals surface area contributed by atoms with Gasteiger partial charge in [-0.15, -0.1) is 0 Å². The van der Waals surface area contributed by atoms with Gasteiger partial charge >= 0.3 is 5.97 Å². The van der Waals surface area contributed by atoms with Gasteiger partial charge in [0.15, 0.2) is 0 Å². The van der Waals surface area contributed by atoms with Crippen molar-refractivity contribution < 1.29 is 18.3 Å². The van der Waals surface area contributed by atoms with E-state index in [0.29, 0.717) is 16.9 Å². The smallest absolute Gasteiger partial charge is 0.335 e. The van der Waals surface area contributed by atoms with Crippen LogP contribution in [-0.4, -0.2) is 35.9 Å². The van der Waals surface area contributed by atoms with Crippen molar-refractivity contribution in [1.82, 2.24) is 4.57 Å². The molecule has 2 aromatic carbocycles. The molecule has 1 saturated carbocycles. The van der Waals surface area contributed by atoms with Gasteiger partial charge < -0.3 is 9.67 Å². The van der Waals surface area contributed by atoms with E-state index >= 15 is 0 Å². The predicted molar refractivity (Wildman–Crippen MR) is 133 cm³/mol. The quantitative estimate of drug-likeness (QED) is 0.421. The van der Waals surface area contributed by atoms with E-state index in [0.717, 1.165) is 23.3 Å². The Morgan fingerprint density at radius 1 is 1.15 bits per heavy atom. The number of hydrogen-bond acceptors (Lipinski definition) is 4. The van der Waals surface area contributed by atoms with E-state index in [-0.39, 0.29) is 16.4 Å². The molecule has 33 heavy (non-hydrogen) atoms. The number of hydrogen-bond donors (Lipinski definition) is 3. The van der Waals surface area contributed by atoms with Crippen LogP contribution < -0.4 is 4.72 Å². The summed E-state index contributed by atoms with van der Waals surface area (Å²) >= 11 is 0. The number of nitrogens with zero attached hydrogens (tertiary/aromatic N) is 2. The molecule has 0 saturated heterocycles. The molecular formula is C24H23N3O4S2. The second kappa shape index (κ2) is 8.24. The van der Waals surface area contributed by atoms with Crippen LogP contribution in [0.5, 0.6) is 0 Å². The van der Waals surface area contributed by atoms with E-state index in [1.165, 1.54) is 12.1 Å². The van der Waals surface area contributed by atoms with Gasteiger partial charge in [-0.25, -0.2) is 13.2 Å². The summed E-state index contributed by atoms with van der Waals surface area (Å²) in [6.45, 7) is 0. The monoisotopic (exact) mass is 481 g/mol. The van der Waals surface area contributed by atoms with Crippen molar-refractivity contribution in [3.05, 3.63) is 83.8 Å². The molecule has 0 bridgehead atoms. The molecule has 2 N–H and O–H groups in total. The number of aromatic carboxylic acids is 1. The molecule has 1 unspecified atom stereocenters. The number of benzene rings is 2. The zero-order valence-corrected chi connectivity index (χ0v) is 19.6. The molecule has 2 aliphatic rings. The topological polar surface area (TPSA) is 101 Å². The van der Waals surface area contributed by atoms with Crippen LogP contribution in [0.4, 0.5) is 5.69 Å². The second-order valence-corrected chi connectivity index (χ2v) is 11.7. The summed E-state index contributed by atoms with van der Waals surface area (Å²) in [6, 6.07) is 13.8. The summed E-state index contributed by atoms with van der Waals surface area (Å²) < 4.78 is 31.8. The van der Waals surface area contributed by atoms with Gasteiger partial charge in [0, 0.05) is 29.0 Å². The molecule has 170 valence electrons. The first kappa shape index (κ1) is 21.5. The highest BCUT2D eigenvalue weighted by Gasteiger charge is 2.31. The molecule has 3 aromatic rings. The molecule has 0 spiro atoms. The lowest BCUT2D eigenvalue weighted by Crippen LogP contribution is -2.17. The van der Waals surface area contributed by atoms with Crippen LogP contribution in [0.2, 0.25) is 0 Å². The number of carboxylic acid groups (broad SMARTS) is 1. The number of aliphatic imine (C=N–C) groups is 1. The molecule has 5 rings (SSSR count). The maximum atomic E-state index is 13.6. The van der Waals surface area contributed by atoms with E-state index in [9.17, 15) is 18.3 Å². The Morgan fingerprint density at radius 3 is 2.55 bits per heavy atom. The van der Waals surface area contributed by atoms with E-state index in [1.807, 2.05) is 59.0 Å². The third-order valence-corrected chi connectivity index (χ3v) is 8.84. The third kappa shape index (κ3) is 4.21. The maximum Gasteiger partial charge on any atom is 0.335 e. The van der Waals surface area contributed by atoms with Crippen molar-refractivity contribution in [2.24, 2.45) is 4.99 Å². The van der Waals surface area contributed by atoms with E-state index < -0.39 is 26.9 Å². The molecule has 1 atom stereocenters. The largest absolute Gasteiger partial charge is 0.478 e. The maximum absolute atomic E-state index is 13.6. The Balaban J connectivity index is 1.61. The van der Waals surface area contributed by atoms with Crippen LogP contribution in [0.1, 0.15) is 40.2 Å². The number of aromatic nitrogens is 1. The van der Waals surface area contributed by atoms with Gasteiger partial charge in [-0.3, -0.25) is 9.71 Å². The van der Waals surface area contributed by atoms with Gasteiger partial charge in [0.1, 0.15) is 0 Å². The predicted octanol–water partition coefficient (Wildman–Crippen LogP) is 4.83. The fourth-order valence-corrected chi connectivity index (χ4v) is 6.54. The summed E-state index contributed by atoms with van der Waals surface area (Å²) in [5.41, 5.74) is 4.51. The number of carboxylic acids is 1. The minimum absolute atomic E-state index is 0.0231. The third-order valence-electron chi connectivity index (χ3n) is 5.80. The van der Waals surface area contributed by atoms with Crippen molar-refractivity contribution in [3.63, 3.8) is 0 Å². The summed E-state index contributed by atoms with van der Waals surface area (Å²) in [4.78, 5) is 16.9. The first-order chi connectivity index (χ1) is 15.8. The SMILES string of the molecule is C[SH]1C=NC=C1c1ccc(-n2cccc2)c(NS(=O)(=O)c2cc(C(=O)O)ccc2C2CC2)c1. The minimum Gasteiger partial charge on any atom is -0.478 e. The Labute approximate surface area is 194 Å². The highest BCUT2D eigenvalue weighted by atomic mass is 32.2. The highest BCUT2D eigenvalue weighted by molar-refractivity contribution is 8.35. The van der Waals surface area contributed by atoms with Gasteiger partial charge in [-0.05, 0) is 72.5 Å². The lowest BCUT2D eigenvalue weighted by atomic mass is 10.1. The molecule has 2 heterocycles. The summed E-state index contributed by atoms with van der Waals surface area (Å²) in [5, 5.41) is 9.43. The Hall–Kier alpha value is -3.30. The lowest BCUT2D eigenvalue weighted by molar-refractivity contribution is 0.0696. The highest BCUT2D eigenvalue weighted by Crippen LogP contribution is 2.44. The summed E-state index contributed by atoms with van der Waals surface area (Å²) in [5.74, 6) is -1.02. The lowest BCUT2D eigenvalue weighted by Gasteiger charge is -2.18. The van der Waals surface area contributed by atoms with Gasteiger partial charge in [-0.2, -0.15) is 10.9 Å². The first-order valence-electron chi connectivity index (χ1n) is 10.5. The van der Waals surface area contributed by atoms with Crippen molar-refractivity contribution in [1.29, 1.82) is 0 Å². The normalized spacial score (nSPS) is 18.8. The van der Waals surface area contributed by atoms with Crippen LogP contribution in [-0.2, 0) is 10.0 Å². The fourth-order valence-electron chi connectivity index (χ4n) is 3.96. The second-order valence-electron chi connectivity index (χ2n) is 8.15. The fraction of sp³-hybridized carbons (Fsp3) is 0.167. The van der Waals surface area contributed by atoms with Gasteiger partial charge in [0.2, 0.25) is 0 Å².